The number of aromatic nitrogens is 2. The first-order chi connectivity index (χ1) is 13.6. The van der Waals surface area contributed by atoms with Gasteiger partial charge >= 0.3 is 17.6 Å². The molecular weight excluding hydrogens is 364 g/mol. The fourth-order valence-electron chi connectivity index (χ4n) is 2.26. The van der Waals surface area contributed by atoms with Crippen LogP contribution in [0.4, 0.5) is 5.69 Å². The summed E-state index contributed by atoms with van der Waals surface area (Å²) in [4.78, 5) is 18.2. The monoisotopic (exact) mass is 378 g/mol. The van der Waals surface area contributed by atoms with Crippen molar-refractivity contribution in [2.24, 2.45) is 0 Å². The first-order valence-corrected chi connectivity index (χ1v) is 8.05. The molecule has 3 rings (SSSR count). The van der Waals surface area contributed by atoms with Crippen molar-refractivity contribution in [2.75, 3.05) is 7.11 Å². The van der Waals surface area contributed by atoms with E-state index in [-0.39, 0.29) is 24.2 Å². The van der Waals surface area contributed by atoms with Crippen LogP contribution in [0.2, 0.25) is 0 Å². The van der Waals surface area contributed by atoms with Crippen LogP contribution in [0.5, 0.6) is 23.4 Å². The van der Waals surface area contributed by atoms with E-state index in [0.29, 0.717) is 11.3 Å². The van der Waals surface area contributed by atoms with Crippen LogP contribution in [0.3, 0.4) is 0 Å². The minimum Gasteiger partial charge on any atom is -0.485 e. The second-order valence-electron chi connectivity index (χ2n) is 5.45. The van der Waals surface area contributed by atoms with Crippen LogP contribution >= 0.6 is 0 Å². The summed E-state index contributed by atoms with van der Waals surface area (Å²) in [6, 6.07) is 15.9. The topological polar surface area (TPSA) is 120 Å². The van der Waals surface area contributed by atoms with Gasteiger partial charge < -0.3 is 14.2 Å². The molecule has 9 nitrogen and oxygen atoms in total. The molecule has 0 spiro atoms. The number of benzene rings is 2. The summed E-state index contributed by atoms with van der Waals surface area (Å²) in [6.45, 7) is 0.248. The Morgan fingerprint density at radius 3 is 2.64 bits per heavy atom. The lowest BCUT2D eigenvalue weighted by atomic mass is 10.2. The van der Waals surface area contributed by atoms with E-state index in [1.807, 2.05) is 36.4 Å². The Kier molecular flexibility index (Phi) is 5.62. The number of nitro groups is 1. The van der Waals surface area contributed by atoms with Gasteiger partial charge in [0.15, 0.2) is 11.5 Å². The number of hydrogen-bond acceptors (Lipinski definition) is 8. The average Bonchev–Trinajstić information content (AvgIpc) is 2.73. The third-order valence-corrected chi connectivity index (χ3v) is 3.61. The maximum Gasteiger partial charge on any atom is 0.349 e. The Hall–Kier alpha value is -4.19. The van der Waals surface area contributed by atoms with Crippen LogP contribution < -0.4 is 14.2 Å². The molecule has 28 heavy (non-hydrogen) atoms. The predicted octanol–water partition coefficient (Wildman–Crippen LogP) is 3.64. The number of nitriles is 1. The smallest absolute Gasteiger partial charge is 0.349 e. The molecule has 0 saturated heterocycles. The predicted molar refractivity (Wildman–Crippen MR) is 97.2 cm³/mol. The van der Waals surface area contributed by atoms with Crippen LogP contribution in [0, 0.1) is 21.4 Å². The van der Waals surface area contributed by atoms with Crippen molar-refractivity contribution in [1.29, 1.82) is 5.26 Å². The van der Waals surface area contributed by atoms with E-state index in [2.05, 4.69) is 9.97 Å². The number of methoxy groups -OCH3 is 1. The van der Waals surface area contributed by atoms with Crippen molar-refractivity contribution in [1.82, 2.24) is 9.97 Å². The highest BCUT2D eigenvalue weighted by Gasteiger charge is 2.22. The molecule has 0 aliphatic rings. The summed E-state index contributed by atoms with van der Waals surface area (Å²) in [5.74, 6) is 0.0880. The lowest BCUT2D eigenvalue weighted by Gasteiger charge is -2.12. The van der Waals surface area contributed by atoms with Gasteiger partial charge in [-0.15, -0.1) is 0 Å². The maximum atomic E-state index is 11.3. The highest BCUT2D eigenvalue weighted by Crippen LogP contribution is 2.36. The first-order valence-electron chi connectivity index (χ1n) is 8.05. The van der Waals surface area contributed by atoms with Crippen molar-refractivity contribution >= 4 is 5.69 Å². The van der Waals surface area contributed by atoms with Gasteiger partial charge in [-0.05, 0) is 17.7 Å². The molecule has 9 heteroatoms. The quantitative estimate of drug-likeness (QED) is 0.451. The van der Waals surface area contributed by atoms with E-state index in [1.165, 1.54) is 13.2 Å². The Balaban J connectivity index is 1.94. The average molecular weight is 378 g/mol. The van der Waals surface area contributed by atoms with Gasteiger partial charge in [0, 0.05) is 6.07 Å². The van der Waals surface area contributed by atoms with Gasteiger partial charge in [-0.25, -0.2) is 0 Å². The minimum absolute atomic E-state index is 0.0937. The van der Waals surface area contributed by atoms with Gasteiger partial charge in [0.1, 0.15) is 12.8 Å². The van der Waals surface area contributed by atoms with E-state index in [0.717, 1.165) is 11.8 Å². The molecule has 0 saturated carbocycles. The van der Waals surface area contributed by atoms with E-state index < -0.39 is 10.6 Å². The van der Waals surface area contributed by atoms with Crippen LogP contribution in [-0.2, 0) is 6.61 Å². The zero-order valence-corrected chi connectivity index (χ0v) is 14.7. The molecule has 1 heterocycles. The number of hydrogen-bond donors (Lipinski definition) is 0. The van der Waals surface area contributed by atoms with Gasteiger partial charge in [0.05, 0.1) is 23.7 Å². The van der Waals surface area contributed by atoms with Gasteiger partial charge in [0.2, 0.25) is 0 Å². The molecule has 140 valence electrons. The normalized spacial score (nSPS) is 10.0. The van der Waals surface area contributed by atoms with E-state index in [9.17, 15) is 10.1 Å². The molecule has 0 atom stereocenters. The molecule has 0 amide bonds. The number of rotatable bonds is 7. The van der Waals surface area contributed by atoms with Crippen molar-refractivity contribution in [2.45, 2.75) is 6.61 Å². The molecule has 1 aromatic heterocycles. The second-order valence-corrected chi connectivity index (χ2v) is 5.45. The van der Waals surface area contributed by atoms with Crippen molar-refractivity contribution in [3.05, 3.63) is 76.0 Å². The molecule has 3 aromatic rings. The fraction of sp³-hybridized carbons (Fsp3) is 0.105. The summed E-state index contributed by atoms with van der Waals surface area (Å²) < 4.78 is 16.3. The van der Waals surface area contributed by atoms with Gasteiger partial charge in [-0.2, -0.15) is 15.2 Å². The molecule has 2 aromatic carbocycles. The lowest BCUT2D eigenvalue weighted by Crippen LogP contribution is -2.02. The fourth-order valence-corrected chi connectivity index (χ4v) is 2.26. The highest BCUT2D eigenvalue weighted by atomic mass is 16.6. The molecule has 0 radical (unpaired) electrons. The van der Waals surface area contributed by atoms with Crippen LogP contribution in [-0.4, -0.2) is 22.0 Å². The third kappa shape index (κ3) is 4.31. The minimum atomic E-state index is -0.673. The van der Waals surface area contributed by atoms with E-state index in [4.69, 9.17) is 19.5 Å². The van der Waals surface area contributed by atoms with Gasteiger partial charge in [-0.1, -0.05) is 30.3 Å². The summed E-state index contributed by atoms with van der Waals surface area (Å²) in [5.41, 5.74) is 0.774. The molecule has 0 aliphatic heterocycles. The summed E-state index contributed by atoms with van der Waals surface area (Å²) in [6.07, 6.45) is 0.986. The molecule has 0 bridgehead atoms. The maximum absolute atomic E-state index is 11.3. The Bertz CT molecular complexity index is 1030. The summed E-state index contributed by atoms with van der Waals surface area (Å²) >= 11 is 0. The summed E-state index contributed by atoms with van der Waals surface area (Å²) in [5, 5.41) is 20.4. The third-order valence-electron chi connectivity index (χ3n) is 3.61. The number of ether oxygens (including phenoxy) is 3. The molecule has 0 aliphatic carbocycles. The van der Waals surface area contributed by atoms with E-state index >= 15 is 0 Å². The SMILES string of the molecule is COc1ncc([N+](=O)[O-])c(Oc2cc(C#N)ccc2OCc2ccccc2)n1. The van der Waals surface area contributed by atoms with Crippen molar-refractivity contribution in [3.63, 3.8) is 0 Å². The Morgan fingerprint density at radius 2 is 1.96 bits per heavy atom. The summed E-state index contributed by atoms with van der Waals surface area (Å²) in [7, 11) is 1.33. The van der Waals surface area contributed by atoms with Crippen LogP contribution in [0.15, 0.2) is 54.7 Å². The largest absolute Gasteiger partial charge is 0.485 e. The number of nitrogens with zero attached hydrogens (tertiary/aromatic N) is 4. The van der Waals surface area contributed by atoms with Gasteiger partial charge in [0.25, 0.3) is 0 Å². The molecule has 0 fully saturated rings. The lowest BCUT2D eigenvalue weighted by molar-refractivity contribution is -0.386. The highest BCUT2D eigenvalue weighted by molar-refractivity contribution is 5.50. The Morgan fingerprint density at radius 1 is 1.18 bits per heavy atom. The molecule has 0 N–H and O–H groups in total. The van der Waals surface area contributed by atoms with Gasteiger partial charge in [-0.3, -0.25) is 10.1 Å². The van der Waals surface area contributed by atoms with E-state index in [1.54, 1.807) is 12.1 Å². The standard InChI is InChI=1S/C19H14N4O5/c1-26-19-21-11-15(23(24)25)18(22-19)28-17-9-14(10-20)7-8-16(17)27-12-13-5-3-2-4-6-13/h2-9,11H,12H2,1H3. The van der Waals surface area contributed by atoms with Crippen LogP contribution in [0.25, 0.3) is 0 Å². The molecule has 0 unspecified atom stereocenters. The zero-order valence-electron chi connectivity index (χ0n) is 14.7. The second kappa shape index (κ2) is 8.46. The van der Waals surface area contributed by atoms with Crippen molar-refractivity contribution < 1.29 is 19.1 Å². The first kappa shape index (κ1) is 18.6. The van der Waals surface area contributed by atoms with Crippen LogP contribution in [0.1, 0.15) is 11.1 Å². The Labute approximate surface area is 159 Å². The molecular formula is C19H14N4O5. The van der Waals surface area contributed by atoms with Crippen molar-refractivity contribution in [3.8, 4) is 29.5 Å². The zero-order chi connectivity index (χ0) is 19.9.